The summed E-state index contributed by atoms with van der Waals surface area (Å²) in [6.45, 7) is 4.93. The Balaban J connectivity index is 2.08. The molecule has 0 saturated carbocycles. The molecule has 0 bridgehead atoms. The third-order valence-electron chi connectivity index (χ3n) is 6.92. The van der Waals surface area contributed by atoms with E-state index in [1.807, 2.05) is 19.9 Å². The molecule has 0 fully saturated rings. The van der Waals surface area contributed by atoms with E-state index in [1.54, 1.807) is 62.6 Å². The van der Waals surface area contributed by atoms with Crippen molar-refractivity contribution < 1.29 is 32.2 Å². The van der Waals surface area contributed by atoms with E-state index in [4.69, 9.17) is 14.2 Å². The van der Waals surface area contributed by atoms with Crippen molar-refractivity contribution >= 4 is 27.5 Å². The Morgan fingerprint density at radius 3 is 2.17 bits per heavy atom. The average Bonchev–Trinajstić information content (AvgIpc) is 3.01. The van der Waals surface area contributed by atoms with Gasteiger partial charge in [-0.2, -0.15) is 0 Å². The third kappa shape index (κ3) is 7.73. The van der Waals surface area contributed by atoms with Gasteiger partial charge >= 0.3 is 0 Å². The number of amides is 2. The summed E-state index contributed by atoms with van der Waals surface area (Å²) in [5.41, 5.74) is 0.914. The van der Waals surface area contributed by atoms with Gasteiger partial charge in [-0.05, 0) is 62.2 Å². The number of anilines is 1. The predicted molar refractivity (Wildman–Crippen MR) is 161 cm³/mol. The third-order valence-corrected chi connectivity index (χ3v) is 8.71. The topological polar surface area (TPSA) is 114 Å². The van der Waals surface area contributed by atoms with Gasteiger partial charge in [-0.25, -0.2) is 8.42 Å². The summed E-state index contributed by atoms with van der Waals surface area (Å²) in [5, 5.41) is 2.92. The van der Waals surface area contributed by atoms with Crippen LogP contribution in [0.5, 0.6) is 17.2 Å². The maximum Gasteiger partial charge on any atom is 0.264 e. The van der Waals surface area contributed by atoms with Crippen molar-refractivity contribution in [2.24, 2.45) is 0 Å². The molecule has 0 aliphatic carbocycles. The fourth-order valence-corrected chi connectivity index (χ4v) is 5.67. The Labute approximate surface area is 248 Å². The number of benzene rings is 3. The van der Waals surface area contributed by atoms with Crippen molar-refractivity contribution in [1.82, 2.24) is 10.2 Å². The quantitative estimate of drug-likeness (QED) is 0.296. The van der Waals surface area contributed by atoms with Crippen molar-refractivity contribution in [3.63, 3.8) is 0 Å². The molecule has 3 rings (SSSR count). The highest BCUT2D eigenvalue weighted by molar-refractivity contribution is 7.92. The first-order valence-electron chi connectivity index (χ1n) is 13.6. The van der Waals surface area contributed by atoms with Crippen LogP contribution in [0.3, 0.4) is 0 Å². The van der Waals surface area contributed by atoms with Crippen LogP contribution in [0.1, 0.15) is 32.8 Å². The van der Waals surface area contributed by atoms with Crippen LogP contribution in [0, 0.1) is 0 Å². The molecule has 42 heavy (non-hydrogen) atoms. The van der Waals surface area contributed by atoms with Gasteiger partial charge < -0.3 is 24.4 Å². The molecular weight excluding hydrogens is 558 g/mol. The van der Waals surface area contributed by atoms with Gasteiger partial charge in [-0.3, -0.25) is 13.9 Å². The molecule has 10 nitrogen and oxygen atoms in total. The van der Waals surface area contributed by atoms with Gasteiger partial charge in [0.1, 0.15) is 18.3 Å². The fourth-order valence-electron chi connectivity index (χ4n) is 4.24. The number of nitrogens with zero attached hydrogens (tertiary/aromatic N) is 2. The second kappa shape index (κ2) is 14.6. The van der Waals surface area contributed by atoms with Crippen LogP contribution in [0.25, 0.3) is 0 Å². The Kier molecular flexibility index (Phi) is 11.2. The number of carbonyl (C=O) groups is 2. The van der Waals surface area contributed by atoms with Crippen LogP contribution in [0.4, 0.5) is 5.69 Å². The number of nitrogens with one attached hydrogen (secondary N) is 1. The second-order valence-corrected chi connectivity index (χ2v) is 11.6. The molecule has 0 heterocycles. The number of rotatable bonds is 14. The molecular formula is C31H39N3O7S. The van der Waals surface area contributed by atoms with Crippen molar-refractivity contribution in [3.8, 4) is 17.2 Å². The SMILES string of the molecule is CC[C@H](C)NC(=O)[C@@H](C)N(Cc1cccc(OC)c1)C(=O)CN(c1ccc(OC)c(OC)c1)S(=O)(=O)c1ccccc1. The molecule has 0 radical (unpaired) electrons. The molecule has 11 heteroatoms. The van der Waals surface area contributed by atoms with Crippen LogP contribution < -0.4 is 23.8 Å². The predicted octanol–water partition coefficient (Wildman–Crippen LogP) is 4.24. The summed E-state index contributed by atoms with van der Waals surface area (Å²) in [5.74, 6) is 0.378. The zero-order valence-corrected chi connectivity index (χ0v) is 25.7. The molecule has 3 aromatic rings. The highest BCUT2D eigenvalue weighted by Gasteiger charge is 2.33. The van der Waals surface area contributed by atoms with E-state index in [9.17, 15) is 18.0 Å². The first-order chi connectivity index (χ1) is 20.0. The maximum atomic E-state index is 14.1. The Morgan fingerprint density at radius 1 is 0.857 bits per heavy atom. The summed E-state index contributed by atoms with van der Waals surface area (Å²) in [4.78, 5) is 28.7. The summed E-state index contributed by atoms with van der Waals surface area (Å²) in [6, 6.07) is 18.6. The zero-order chi connectivity index (χ0) is 30.9. The number of hydrogen-bond acceptors (Lipinski definition) is 7. The van der Waals surface area contributed by atoms with Crippen molar-refractivity contribution in [2.75, 3.05) is 32.2 Å². The zero-order valence-electron chi connectivity index (χ0n) is 24.9. The van der Waals surface area contributed by atoms with E-state index < -0.39 is 28.5 Å². The fraction of sp³-hybridized carbons (Fsp3) is 0.355. The normalized spacial score (nSPS) is 12.5. The highest BCUT2D eigenvalue weighted by atomic mass is 32.2. The van der Waals surface area contributed by atoms with E-state index in [1.165, 1.54) is 37.3 Å². The second-order valence-electron chi connectivity index (χ2n) is 9.73. The van der Waals surface area contributed by atoms with Gasteiger partial charge in [-0.1, -0.05) is 37.3 Å². The van der Waals surface area contributed by atoms with Crippen LogP contribution in [0.2, 0.25) is 0 Å². The number of sulfonamides is 1. The number of hydrogen-bond donors (Lipinski definition) is 1. The Hall–Kier alpha value is -4.25. The minimum Gasteiger partial charge on any atom is -0.497 e. The van der Waals surface area contributed by atoms with Crippen molar-refractivity contribution in [1.29, 1.82) is 0 Å². The monoisotopic (exact) mass is 597 g/mol. The van der Waals surface area contributed by atoms with Gasteiger partial charge in [0, 0.05) is 18.7 Å². The van der Waals surface area contributed by atoms with E-state index in [0.717, 1.165) is 9.87 Å². The van der Waals surface area contributed by atoms with Gasteiger partial charge in [0.2, 0.25) is 11.8 Å². The first kappa shape index (κ1) is 32.3. The first-order valence-corrected chi connectivity index (χ1v) is 15.0. The van der Waals surface area contributed by atoms with Gasteiger partial charge in [0.15, 0.2) is 11.5 Å². The standard InChI is InChI=1S/C31H39N3O7S/c1-7-22(2)32-31(36)23(3)33(20-24-12-11-13-26(18-24)39-4)30(35)21-34(42(37,38)27-14-9-8-10-15-27)25-16-17-28(40-5)29(19-25)41-6/h8-19,22-23H,7,20-21H2,1-6H3,(H,32,36)/t22-,23+/m0/s1. The number of ether oxygens (including phenoxy) is 3. The average molecular weight is 598 g/mol. The molecule has 0 spiro atoms. The molecule has 1 N–H and O–H groups in total. The van der Waals surface area contributed by atoms with E-state index >= 15 is 0 Å². The summed E-state index contributed by atoms with van der Waals surface area (Å²) in [6.07, 6.45) is 0.713. The minimum atomic E-state index is -4.21. The molecule has 226 valence electrons. The maximum absolute atomic E-state index is 14.1. The molecule has 0 aromatic heterocycles. The van der Waals surface area contributed by atoms with Crippen molar-refractivity contribution in [3.05, 3.63) is 78.4 Å². The summed E-state index contributed by atoms with van der Waals surface area (Å²) >= 11 is 0. The summed E-state index contributed by atoms with van der Waals surface area (Å²) < 4.78 is 45.0. The lowest BCUT2D eigenvalue weighted by molar-refractivity contribution is -0.139. The lowest BCUT2D eigenvalue weighted by Crippen LogP contribution is -2.52. The van der Waals surface area contributed by atoms with Gasteiger partial charge in [0.05, 0.1) is 31.9 Å². The number of carbonyl (C=O) groups excluding carboxylic acids is 2. The van der Waals surface area contributed by atoms with Crippen LogP contribution in [0.15, 0.2) is 77.7 Å². The smallest absolute Gasteiger partial charge is 0.264 e. The summed E-state index contributed by atoms with van der Waals surface area (Å²) in [7, 11) is 0.245. The molecule has 3 aromatic carbocycles. The largest absolute Gasteiger partial charge is 0.497 e. The molecule has 0 aliphatic heterocycles. The van der Waals surface area contributed by atoms with Crippen molar-refractivity contribution in [2.45, 2.75) is 50.7 Å². The van der Waals surface area contributed by atoms with Gasteiger partial charge in [0.25, 0.3) is 10.0 Å². The lowest BCUT2D eigenvalue weighted by atomic mass is 10.1. The highest BCUT2D eigenvalue weighted by Crippen LogP contribution is 2.34. The molecule has 2 amide bonds. The molecule has 2 atom stereocenters. The van der Waals surface area contributed by atoms with E-state index in [2.05, 4.69) is 5.32 Å². The van der Waals surface area contributed by atoms with E-state index in [0.29, 0.717) is 23.7 Å². The van der Waals surface area contributed by atoms with E-state index in [-0.39, 0.29) is 29.1 Å². The number of methoxy groups -OCH3 is 3. The van der Waals surface area contributed by atoms with Gasteiger partial charge in [-0.15, -0.1) is 0 Å². The molecule has 0 unspecified atom stereocenters. The Morgan fingerprint density at radius 2 is 1.55 bits per heavy atom. The molecule has 0 aliphatic rings. The minimum absolute atomic E-state index is 0.00879. The van der Waals surface area contributed by atoms with Crippen LogP contribution in [-0.2, 0) is 26.2 Å². The lowest BCUT2D eigenvalue weighted by Gasteiger charge is -2.32. The Bertz CT molecular complexity index is 1460. The van der Waals surface area contributed by atoms with Crippen LogP contribution >= 0.6 is 0 Å². The van der Waals surface area contributed by atoms with Crippen LogP contribution in [-0.4, -0.2) is 65.1 Å². The molecule has 0 saturated heterocycles.